The average molecular weight is 352 g/mol. The summed E-state index contributed by atoms with van der Waals surface area (Å²) in [4.78, 5) is 4.40. The Balaban J connectivity index is 0.00000156. The molecule has 1 fully saturated rings. The molecule has 1 aliphatic rings. The van der Waals surface area contributed by atoms with Gasteiger partial charge in [-0.1, -0.05) is 28.9 Å². The average Bonchev–Trinajstić information content (AvgIpc) is 3.27. The van der Waals surface area contributed by atoms with Gasteiger partial charge in [0.05, 0.1) is 0 Å². The normalized spacial score (nSPS) is 17.2. The first-order chi connectivity index (χ1) is 10.8. The Morgan fingerprint density at radius 2 is 2.17 bits per heavy atom. The van der Waals surface area contributed by atoms with E-state index in [1.165, 1.54) is 0 Å². The van der Waals surface area contributed by atoms with Crippen LogP contribution in [0.15, 0.2) is 34.9 Å². The molecule has 0 spiro atoms. The zero-order valence-electron chi connectivity index (χ0n) is 12.1. The first-order valence-electron chi connectivity index (χ1n) is 7.15. The zero-order chi connectivity index (χ0) is 14.9. The predicted octanol–water partition coefficient (Wildman–Crippen LogP) is 3.28. The SMILES string of the molecule is Cl.Clc1cccc(-c2noc(-c3cc(C4CCNC4)[nH]n3)n2)c1. The fourth-order valence-corrected chi connectivity index (χ4v) is 2.84. The molecule has 6 nitrogen and oxygen atoms in total. The fourth-order valence-electron chi connectivity index (χ4n) is 2.65. The first-order valence-corrected chi connectivity index (χ1v) is 7.53. The molecule has 3 aromatic rings. The molecule has 4 rings (SSSR count). The minimum absolute atomic E-state index is 0. The van der Waals surface area contributed by atoms with Crippen molar-refractivity contribution in [3.63, 3.8) is 0 Å². The lowest BCUT2D eigenvalue weighted by Gasteiger charge is -2.02. The maximum absolute atomic E-state index is 5.99. The van der Waals surface area contributed by atoms with Crippen LogP contribution in [0.1, 0.15) is 18.0 Å². The molecule has 120 valence electrons. The number of hydrogen-bond acceptors (Lipinski definition) is 5. The summed E-state index contributed by atoms with van der Waals surface area (Å²) in [5.41, 5.74) is 2.59. The van der Waals surface area contributed by atoms with Crippen molar-refractivity contribution < 1.29 is 4.52 Å². The van der Waals surface area contributed by atoms with E-state index in [-0.39, 0.29) is 12.4 Å². The van der Waals surface area contributed by atoms with E-state index in [0.717, 1.165) is 30.8 Å². The number of halogens is 2. The number of aromatic nitrogens is 4. The summed E-state index contributed by atoms with van der Waals surface area (Å²) in [6, 6.07) is 9.33. The summed E-state index contributed by atoms with van der Waals surface area (Å²) in [5.74, 6) is 1.38. The molecule has 0 amide bonds. The van der Waals surface area contributed by atoms with Crippen LogP contribution in [-0.2, 0) is 0 Å². The second-order valence-electron chi connectivity index (χ2n) is 5.33. The van der Waals surface area contributed by atoms with Crippen LogP contribution in [0.3, 0.4) is 0 Å². The Hall–Kier alpha value is -1.89. The highest BCUT2D eigenvalue weighted by Gasteiger charge is 2.21. The molecule has 1 saturated heterocycles. The van der Waals surface area contributed by atoms with Crippen LogP contribution in [0.4, 0.5) is 0 Å². The molecule has 0 radical (unpaired) electrons. The Kier molecular flexibility index (Phi) is 4.66. The third kappa shape index (κ3) is 3.24. The van der Waals surface area contributed by atoms with Crippen molar-refractivity contribution in [1.29, 1.82) is 0 Å². The Bertz CT molecular complexity index is 795. The van der Waals surface area contributed by atoms with Gasteiger partial charge in [-0.25, -0.2) is 0 Å². The molecule has 0 aliphatic carbocycles. The van der Waals surface area contributed by atoms with Gasteiger partial charge in [-0.3, -0.25) is 5.10 Å². The summed E-state index contributed by atoms with van der Waals surface area (Å²) in [6.45, 7) is 2.01. The Morgan fingerprint density at radius 1 is 1.26 bits per heavy atom. The van der Waals surface area contributed by atoms with Crippen molar-refractivity contribution in [2.75, 3.05) is 13.1 Å². The van der Waals surface area contributed by atoms with Gasteiger partial charge in [-0.15, -0.1) is 12.4 Å². The molecule has 1 unspecified atom stereocenters. The molecule has 1 aromatic carbocycles. The molecule has 23 heavy (non-hydrogen) atoms. The number of hydrogen-bond donors (Lipinski definition) is 2. The molecule has 2 N–H and O–H groups in total. The van der Waals surface area contributed by atoms with E-state index < -0.39 is 0 Å². The van der Waals surface area contributed by atoms with Gasteiger partial charge in [0, 0.05) is 28.7 Å². The van der Waals surface area contributed by atoms with Crippen molar-refractivity contribution in [2.24, 2.45) is 0 Å². The van der Waals surface area contributed by atoms with E-state index in [4.69, 9.17) is 16.1 Å². The van der Waals surface area contributed by atoms with Crippen LogP contribution in [-0.4, -0.2) is 33.4 Å². The fraction of sp³-hybridized carbons (Fsp3) is 0.267. The Morgan fingerprint density at radius 3 is 2.96 bits per heavy atom. The van der Waals surface area contributed by atoms with Crippen LogP contribution in [0.25, 0.3) is 23.0 Å². The van der Waals surface area contributed by atoms with Crippen LogP contribution < -0.4 is 5.32 Å². The molecule has 0 saturated carbocycles. The lowest BCUT2D eigenvalue weighted by Crippen LogP contribution is -2.08. The second-order valence-corrected chi connectivity index (χ2v) is 5.77. The van der Waals surface area contributed by atoms with Crippen molar-refractivity contribution in [1.82, 2.24) is 25.7 Å². The van der Waals surface area contributed by atoms with Gasteiger partial charge in [0.15, 0.2) is 5.69 Å². The zero-order valence-corrected chi connectivity index (χ0v) is 13.7. The Labute approximate surface area is 144 Å². The van der Waals surface area contributed by atoms with Crippen molar-refractivity contribution in [3.8, 4) is 23.0 Å². The molecule has 3 heterocycles. The molecular weight excluding hydrogens is 337 g/mol. The monoisotopic (exact) mass is 351 g/mol. The smallest absolute Gasteiger partial charge is 0.278 e. The lowest BCUT2D eigenvalue weighted by molar-refractivity contribution is 0.431. The van der Waals surface area contributed by atoms with Crippen LogP contribution in [0, 0.1) is 0 Å². The van der Waals surface area contributed by atoms with E-state index in [1.807, 2.05) is 24.3 Å². The third-order valence-corrected chi connectivity index (χ3v) is 4.06. The number of H-pyrrole nitrogens is 1. The van der Waals surface area contributed by atoms with Crippen LogP contribution in [0.2, 0.25) is 5.02 Å². The lowest BCUT2D eigenvalue weighted by atomic mass is 10.1. The minimum Gasteiger partial charge on any atom is -0.332 e. The largest absolute Gasteiger partial charge is 0.332 e. The molecular formula is C15H15Cl2N5O. The number of nitrogens with one attached hydrogen (secondary N) is 2. The number of nitrogens with zero attached hydrogens (tertiary/aromatic N) is 3. The second kappa shape index (κ2) is 6.70. The third-order valence-electron chi connectivity index (χ3n) is 3.83. The van der Waals surface area contributed by atoms with E-state index >= 15 is 0 Å². The quantitative estimate of drug-likeness (QED) is 0.756. The van der Waals surface area contributed by atoms with Crippen molar-refractivity contribution in [2.45, 2.75) is 12.3 Å². The molecule has 1 atom stereocenters. The summed E-state index contributed by atoms with van der Waals surface area (Å²) >= 11 is 5.99. The van der Waals surface area contributed by atoms with Gasteiger partial charge in [0.1, 0.15) is 0 Å². The first kappa shape index (κ1) is 16.0. The number of benzene rings is 1. The highest BCUT2D eigenvalue weighted by Crippen LogP contribution is 2.26. The summed E-state index contributed by atoms with van der Waals surface area (Å²) in [7, 11) is 0. The van der Waals surface area contributed by atoms with E-state index in [2.05, 4.69) is 25.7 Å². The molecule has 1 aliphatic heterocycles. The molecule has 2 aromatic heterocycles. The summed E-state index contributed by atoms with van der Waals surface area (Å²) < 4.78 is 5.32. The number of rotatable bonds is 3. The van der Waals surface area contributed by atoms with Crippen molar-refractivity contribution in [3.05, 3.63) is 41.0 Å². The predicted molar refractivity (Wildman–Crippen MR) is 89.8 cm³/mol. The minimum atomic E-state index is 0. The van der Waals surface area contributed by atoms with Gasteiger partial charge in [-0.2, -0.15) is 10.1 Å². The van der Waals surface area contributed by atoms with Crippen LogP contribution >= 0.6 is 24.0 Å². The standard InChI is InChI=1S/C15H14ClN5O.ClH/c16-11-3-1-2-9(6-11)14-18-15(22-21-14)13-7-12(19-20-13)10-4-5-17-8-10;/h1-3,6-7,10,17H,4-5,8H2,(H,19,20);1H. The van der Waals surface area contributed by atoms with Gasteiger partial charge < -0.3 is 9.84 Å². The molecule has 8 heteroatoms. The maximum Gasteiger partial charge on any atom is 0.278 e. The topological polar surface area (TPSA) is 79.6 Å². The van der Waals surface area contributed by atoms with E-state index in [9.17, 15) is 0 Å². The highest BCUT2D eigenvalue weighted by molar-refractivity contribution is 6.30. The van der Waals surface area contributed by atoms with E-state index in [0.29, 0.717) is 28.3 Å². The van der Waals surface area contributed by atoms with Crippen LogP contribution in [0.5, 0.6) is 0 Å². The number of aromatic amines is 1. The van der Waals surface area contributed by atoms with Gasteiger partial charge >= 0.3 is 0 Å². The van der Waals surface area contributed by atoms with E-state index in [1.54, 1.807) is 6.07 Å². The van der Waals surface area contributed by atoms with Gasteiger partial charge in [0.2, 0.25) is 5.82 Å². The van der Waals surface area contributed by atoms with Crippen molar-refractivity contribution >= 4 is 24.0 Å². The molecule has 0 bridgehead atoms. The summed E-state index contributed by atoms with van der Waals surface area (Å²) in [5, 5.41) is 15.3. The summed E-state index contributed by atoms with van der Waals surface area (Å²) in [6.07, 6.45) is 1.11. The van der Waals surface area contributed by atoms with Gasteiger partial charge in [-0.05, 0) is 31.2 Å². The van der Waals surface area contributed by atoms with Gasteiger partial charge in [0.25, 0.3) is 5.89 Å². The highest BCUT2D eigenvalue weighted by atomic mass is 35.5. The maximum atomic E-state index is 5.99.